The average molecular weight is 835 g/mol. The molecule has 6 nitrogen and oxygen atoms in total. The molecule has 0 fully saturated rings. The van der Waals surface area contributed by atoms with Gasteiger partial charge in [0.15, 0.2) is 6.10 Å². The van der Waals surface area contributed by atoms with Crippen LogP contribution in [0.25, 0.3) is 0 Å². The SMILES string of the molecule is CCCCCCCCCCCCCCCCCCCCC(=O)OC[C@H](COC(=O)CCCCCCCCCCCCCCC)OC(=O)CCCCCCCCC(C)CC. The van der Waals surface area contributed by atoms with Crippen molar-refractivity contribution in [1.29, 1.82) is 0 Å². The van der Waals surface area contributed by atoms with E-state index in [-0.39, 0.29) is 31.1 Å². The summed E-state index contributed by atoms with van der Waals surface area (Å²) in [6, 6.07) is 0. The van der Waals surface area contributed by atoms with Gasteiger partial charge in [0.2, 0.25) is 0 Å². The molecule has 0 aliphatic rings. The summed E-state index contributed by atoms with van der Waals surface area (Å²) in [5.74, 6) is -0.0374. The highest BCUT2D eigenvalue weighted by Crippen LogP contribution is 2.18. The Balaban J connectivity index is 4.24. The molecule has 0 N–H and O–H groups in total. The summed E-state index contributed by atoms with van der Waals surface area (Å²) in [5.41, 5.74) is 0. The second-order valence-electron chi connectivity index (χ2n) is 18.4. The first-order chi connectivity index (χ1) is 28.9. The molecular weight excluding hydrogens is 733 g/mol. The van der Waals surface area contributed by atoms with E-state index in [9.17, 15) is 14.4 Å². The van der Waals surface area contributed by atoms with Crippen LogP contribution in [0, 0.1) is 5.92 Å². The standard InChI is InChI=1S/C53H102O6/c1-5-8-10-12-14-16-18-20-21-22-23-24-26-28-30-32-37-41-45-52(55)58-48-50(59-53(56)46-42-38-34-33-35-39-43-49(4)7-3)47-57-51(54)44-40-36-31-29-27-25-19-17-15-13-11-9-6-2/h49-50H,5-48H2,1-4H3/t49?,50-/m0/s1. The second kappa shape index (κ2) is 47.5. The number of rotatable bonds is 48. The van der Waals surface area contributed by atoms with Crippen molar-refractivity contribution in [3.8, 4) is 0 Å². The molecule has 0 heterocycles. The largest absolute Gasteiger partial charge is 0.462 e. The van der Waals surface area contributed by atoms with Gasteiger partial charge in [0.05, 0.1) is 0 Å². The third-order valence-electron chi connectivity index (χ3n) is 12.4. The minimum absolute atomic E-state index is 0.0637. The van der Waals surface area contributed by atoms with Crippen LogP contribution in [0.3, 0.4) is 0 Å². The van der Waals surface area contributed by atoms with Crippen LogP contribution in [0.2, 0.25) is 0 Å². The Morgan fingerprint density at radius 2 is 0.593 bits per heavy atom. The van der Waals surface area contributed by atoms with Gasteiger partial charge in [-0.05, 0) is 25.2 Å². The topological polar surface area (TPSA) is 78.9 Å². The van der Waals surface area contributed by atoms with Crippen molar-refractivity contribution in [2.45, 2.75) is 303 Å². The zero-order valence-electron chi connectivity index (χ0n) is 40.2. The summed E-state index contributed by atoms with van der Waals surface area (Å²) in [6.07, 6.45) is 49.5. The van der Waals surface area contributed by atoms with Crippen molar-refractivity contribution < 1.29 is 28.6 Å². The molecule has 0 bridgehead atoms. The Morgan fingerprint density at radius 3 is 0.881 bits per heavy atom. The van der Waals surface area contributed by atoms with Gasteiger partial charge in [-0.1, -0.05) is 259 Å². The molecule has 0 aromatic heterocycles. The lowest BCUT2D eigenvalue weighted by Gasteiger charge is -2.18. The molecule has 350 valence electrons. The van der Waals surface area contributed by atoms with Crippen LogP contribution in [0.1, 0.15) is 297 Å². The van der Waals surface area contributed by atoms with E-state index in [1.54, 1.807) is 0 Å². The summed E-state index contributed by atoms with van der Waals surface area (Å²) in [4.78, 5) is 37.9. The zero-order chi connectivity index (χ0) is 43.1. The van der Waals surface area contributed by atoms with Gasteiger partial charge in [-0.3, -0.25) is 14.4 Å². The van der Waals surface area contributed by atoms with Crippen LogP contribution < -0.4 is 0 Å². The fourth-order valence-electron chi connectivity index (χ4n) is 8.01. The van der Waals surface area contributed by atoms with E-state index in [0.29, 0.717) is 19.3 Å². The van der Waals surface area contributed by atoms with E-state index in [0.717, 1.165) is 63.7 Å². The Labute approximate surface area is 368 Å². The van der Waals surface area contributed by atoms with Crippen molar-refractivity contribution >= 4 is 17.9 Å². The van der Waals surface area contributed by atoms with Crippen LogP contribution in [0.4, 0.5) is 0 Å². The van der Waals surface area contributed by atoms with Crippen molar-refractivity contribution in [3.63, 3.8) is 0 Å². The van der Waals surface area contributed by atoms with Gasteiger partial charge in [-0.25, -0.2) is 0 Å². The molecule has 0 amide bonds. The summed E-state index contributed by atoms with van der Waals surface area (Å²) in [6.45, 7) is 9.00. The molecule has 0 radical (unpaired) electrons. The molecule has 0 rings (SSSR count). The van der Waals surface area contributed by atoms with Gasteiger partial charge in [-0.2, -0.15) is 0 Å². The highest BCUT2D eigenvalue weighted by atomic mass is 16.6. The van der Waals surface area contributed by atoms with Gasteiger partial charge in [0.25, 0.3) is 0 Å². The van der Waals surface area contributed by atoms with Crippen LogP contribution in [0.15, 0.2) is 0 Å². The van der Waals surface area contributed by atoms with E-state index in [1.807, 2.05) is 0 Å². The van der Waals surface area contributed by atoms with Crippen molar-refractivity contribution in [1.82, 2.24) is 0 Å². The van der Waals surface area contributed by atoms with E-state index in [2.05, 4.69) is 27.7 Å². The zero-order valence-corrected chi connectivity index (χ0v) is 40.2. The number of carbonyl (C=O) groups is 3. The number of hydrogen-bond donors (Lipinski definition) is 0. The average Bonchev–Trinajstić information content (AvgIpc) is 3.23. The van der Waals surface area contributed by atoms with Crippen LogP contribution in [0.5, 0.6) is 0 Å². The lowest BCUT2D eigenvalue weighted by Crippen LogP contribution is -2.30. The van der Waals surface area contributed by atoms with Gasteiger partial charge in [-0.15, -0.1) is 0 Å². The van der Waals surface area contributed by atoms with Crippen LogP contribution >= 0.6 is 0 Å². The Morgan fingerprint density at radius 1 is 0.339 bits per heavy atom. The third kappa shape index (κ3) is 45.8. The lowest BCUT2D eigenvalue weighted by molar-refractivity contribution is -0.167. The highest BCUT2D eigenvalue weighted by Gasteiger charge is 2.19. The first-order valence-corrected chi connectivity index (χ1v) is 26.4. The molecule has 0 aromatic rings. The molecule has 0 spiro atoms. The number of hydrogen-bond acceptors (Lipinski definition) is 6. The monoisotopic (exact) mass is 835 g/mol. The maximum absolute atomic E-state index is 12.7. The molecule has 2 atom stereocenters. The summed E-state index contributed by atoms with van der Waals surface area (Å²) < 4.78 is 16.8. The normalized spacial score (nSPS) is 12.4. The number of esters is 3. The fraction of sp³-hybridized carbons (Fsp3) is 0.943. The Hall–Kier alpha value is -1.59. The lowest BCUT2D eigenvalue weighted by atomic mass is 10.00. The molecule has 59 heavy (non-hydrogen) atoms. The van der Waals surface area contributed by atoms with Crippen LogP contribution in [-0.4, -0.2) is 37.2 Å². The first-order valence-electron chi connectivity index (χ1n) is 26.4. The minimum atomic E-state index is -0.761. The van der Waals surface area contributed by atoms with E-state index in [1.165, 1.54) is 193 Å². The molecule has 0 saturated carbocycles. The Bertz CT molecular complexity index is 889. The summed E-state index contributed by atoms with van der Waals surface area (Å²) in [5, 5.41) is 0. The number of ether oxygens (including phenoxy) is 3. The molecule has 0 aromatic carbocycles. The molecule has 6 heteroatoms. The van der Waals surface area contributed by atoms with Crippen LogP contribution in [-0.2, 0) is 28.6 Å². The minimum Gasteiger partial charge on any atom is -0.462 e. The Kier molecular flexibility index (Phi) is 46.2. The second-order valence-corrected chi connectivity index (χ2v) is 18.4. The maximum Gasteiger partial charge on any atom is 0.306 e. The first kappa shape index (κ1) is 57.4. The molecular formula is C53H102O6. The van der Waals surface area contributed by atoms with Gasteiger partial charge in [0.1, 0.15) is 13.2 Å². The number of unbranched alkanes of at least 4 members (excludes halogenated alkanes) is 34. The summed E-state index contributed by atoms with van der Waals surface area (Å²) in [7, 11) is 0. The maximum atomic E-state index is 12.7. The van der Waals surface area contributed by atoms with Crippen molar-refractivity contribution in [2.24, 2.45) is 5.92 Å². The van der Waals surface area contributed by atoms with E-state index < -0.39 is 6.10 Å². The molecule has 0 aliphatic carbocycles. The van der Waals surface area contributed by atoms with E-state index in [4.69, 9.17) is 14.2 Å². The molecule has 0 aliphatic heterocycles. The predicted molar refractivity (Wildman–Crippen MR) is 252 cm³/mol. The molecule has 1 unspecified atom stereocenters. The predicted octanol–water partition coefficient (Wildman–Crippen LogP) is 17.1. The smallest absolute Gasteiger partial charge is 0.306 e. The molecule has 0 saturated heterocycles. The third-order valence-corrected chi connectivity index (χ3v) is 12.4. The van der Waals surface area contributed by atoms with Crippen molar-refractivity contribution in [3.05, 3.63) is 0 Å². The van der Waals surface area contributed by atoms with Crippen molar-refractivity contribution in [2.75, 3.05) is 13.2 Å². The van der Waals surface area contributed by atoms with E-state index >= 15 is 0 Å². The number of carbonyl (C=O) groups excluding carboxylic acids is 3. The van der Waals surface area contributed by atoms with Gasteiger partial charge < -0.3 is 14.2 Å². The van der Waals surface area contributed by atoms with Gasteiger partial charge in [0, 0.05) is 19.3 Å². The highest BCUT2D eigenvalue weighted by molar-refractivity contribution is 5.71. The fourth-order valence-corrected chi connectivity index (χ4v) is 8.01. The quantitative estimate of drug-likeness (QED) is 0.0345. The summed E-state index contributed by atoms with van der Waals surface area (Å²) >= 11 is 0. The van der Waals surface area contributed by atoms with Gasteiger partial charge >= 0.3 is 17.9 Å².